The summed E-state index contributed by atoms with van der Waals surface area (Å²) in [6.07, 6.45) is 0.316. The first-order valence-corrected chi connectivity index (χ1v) is 3.07. The Hall–Kier alpha value is -1.39. The van der Waals surface area contributed by atoms with E-state index >= 15 is 0 Å². The van der Waals surface area contributed by atoms with Crippen molar-refractivity contribution < 1.29 is 22.0 Å². The molecule has 0 spiro atoms. The second-order valence-electron chi connectivity index (χ2n) is 2.15. The maximum Gasteiger partial charge on any atom is 0.200 e. The predicted octanol–water partition coefficient (Wildman–Crippen LogP) is 2.83. The first-order chi connectivity index (χ1) is 6.00. The summed E-state index contributed by atoms with van der Waals surface area (Å²) in [4.78, 5) is 0. The third-order valence-electron chi connectivity index (χ3n) is 1.41. The molecule has 1 aromatic carbocycles. The molecule has 1 radical (unpaired) electrons. The molecule has 0 atom stereocenters. The minimum absolute atomic E-state index is 0.316. The summed E-state index contributed by atoms with van der Waals surface area (Å²) in [6, 6.07) is 0. The van der Waals surface area contributed by atoms with Gasteiger partial charge in [0.25, 0.3) is 0 Å². The van der Waals surface area contributed by atoms with E-state index in [9.17, 15) is 22.0 Å². The standard InChI is InChI=1S/C8H2F5/c1-2-3-4(9)6(11)8(13)7(12)5(3)10/h1-2H. The molecule has 0 aromatic heterocycles. The van der Waals surface area contributed by atoms with E-state index in [0.717, 1.165) is 0 Å². The Bertz CT molecular complexity index is 340. The molecule has 0 saturated heterocycles. The maximum atomic E-state index is 12.6. The molecule has 13 heavy (non-hydrogen) atoms. The second-order valence-corrected chi connectivity index (χ2v) is 2.15. The second kappa shape index (κ2) is 3.16. The van der Waals surface area contributed by atoms with Crippen molar-refractivity contribution in [2.75, 3.05) is 0 Å². The molecule has 0 unspecified atom stereocenters. The largest absolute Gasteiger partial charge is 0.203 e. The molecular formula is C8H2F5. The van der Waals surface area contributed by atoms with Crippen molar-refractivity contribution >= 4 is 6.08 Å². The fourth-order valence-electron chi connectivity index (χ4n) is 0.768. The average Bonchev–Trinajstić information content (AvgIpc) is 2.13. The lowest BCUT2D eigenvalue weighted by atomic mass is 10.1. The number of hydrogen-bond acceptors (Lipinski definition) is 0. The van der Waals surface area contributed by atoms with Gasteiger partial charge >= 0.3 is 0 Å². The molecule has 0 nitrogen and oxygen atoms in total. The van der Waals surface area contributed by atoms with Crippen LogP contribution in [0.1, 0.15) is 5.56 Å². The van der Waals surface area contributed by atoms with E-state index < -0.39 is 34.6 Å². The quantitative estimate of drug-likeness (QED) is 0.365. The molecule has 0 aliphatic heterocycles. The van der Waals surface area contributed by atoms with Crippen molar-refractivity contribution in [3.63, 3.8) is 0 Å². The minimum atomic E-state index is -2.19. The topological polar surface area (TPSA) is 0 Å². The van der Waals surface area contributed by atoms with Gasteiger partial charge < -0.3 is 0 Å². The molecule has 1 rings (SSSR count). The van der Waals surface area contributed by atoms with Crippen molar-refractivity contribution in [2.24, 2.45) is 0 Å². The zero-order chi connectivity index (χ0) is 10.2. The Morgan fingerprint density at radius 3 is 1.31 bits per heavy atom. The molecule has 0 aliphatic rings. The van der Waals surface area contributed by atoms with Gasteiger partial charge in [-0.2, -0.15) is 0 Å². The third-order valence-corrected chi connectivity index (χ3v) is 1.41. The summed E-state index contributed by atoms with van der Waals surface area (Å²) in [7, 11) is 0. The molecule has 1 aromatic rings. The lowest BCUT2D eigenvalue weighted by molar-refractivity contribution is 0.377. The van der Waals surface area contributed by atoms with Crippen LogP contribution in [-0.2, 0) is 0 Å². The minimum Gasteiger partial charge on any atom is -0.203 e. The molecule has 0 heterocycles. The van der Waals surface area contributed by atoms with Gasteiger partial charge in [-0.15, -0.1) is 0 Å². The molecule has 5 heteroatoms. The average molecular weight is 193 g/mol. The first-order valence-electron chi connectivity index (χ1n) is 3.07. The van der Waals surface area contributed by atoms with Gasteiger partial charge in [0, 0.05) is 0 Å². The van der Waals surface area contributed by atoms with E-state index in [4.69, 9.17) is 0 Å². The number of benzene rings is 1. The van der Waals surface area contributed by atoms with E-state index in [1.54, 1.807) is 0 Å². The van der Waals surface area contributed by atoms with Crippen LogP contribution in [0.5, 0.6) is 0 Å². The van der Waals surface area contributed by atoms with Crippen LogP contribution in [0.4, 0.5) is 22.0 Å². The highest BCUT2D eigenvalue weighted by Crippen LogP contribution is 2.23. The van der Waals surface area contributed by atoms with Crippen LogP contribution in [0.15, 0.2) is 0 Å². The molecule has 0 aliphatic carbocycles. The summed E-state index contributed by atoms with van der Waals surface area (Å²) < 4.78 is 62.2. The van der Waals surface area contributed by atoms with Gasteiger partial charge in [-0.3, -0.25) is 0 Å². The lowest BCUT2D eigenvalue weighted by Crippen LogP contribution is -2.03. The van der Waals surface area contributed by atoms with Crippen molar-refractivity contribution in [3.8, 4) is 0 Å². The Morgan fingerprint density at radius 1 is 0.692 bits per heavy atom. The van der Waals surface area contributed by atoms with Gasteiger partial charge in [-0.1, -0.05) is 6.58 Å². The van der Waals surface area contributed by atoms with Crippen molar-refractivity contribution in [3.05, 3.63) is 41.2 Å². The van der Waals surface area contributed by atoms with Crippen LogP contribution in [0, 0.1) is 35.7 Å². The Kier molecular flexibility index (Phi) is 2.36. The van der Waals surface area contributed by atoms with Gasteiger partial charge in [0.2, 0.25) is 5.82 Å². The highest BCUT2D eigenvalue weighted by Gasteiger charge is 2.23. The molecule has 0 N–H and O–H groups in total. The molecule has 0 fully saturated rings. The molecule has 0 saturated carbocycles. The van der Waals surface area contributed by atoms with Gasteiger partial charge in [0.05, 0.1) is 5.56 Å². The van der Waals surface area contributed by atoms with E-state index in [1.165, 1.54) is 0 Å². The fraction of sp³-hybridized carbons (Fsp3) is 0. The van der Waals surface area contributed by atoms with E-state index in [-0.39, 0.29) is 0 Å². The summed E-state index contributed by atoms with van der Waals surface area (Å²) in [5.41, 5.74) is -1.13. The first kappa shape index (κ1) is 9.70. The van der Waals surface area contributed by atoms with Crippen LogP contribution in [0.3, 0.4) is 0 Å². The SMILES string of the molecule is [CH]=Cc1c(F)c(F)c(F)c(F)c1F. The monoisotopic (exact) mass is 193 g/mol. The zero-order valence-corrected chi connectivity index (χ0v) is 6.04. The van der Waals surface area contributed by atoms with Crippen molar-refractivity contribution in [2.45, 2.75) is 0 Å². The van der Waals surface area contributed by atoms with Crippen LogP contribution >= 0.6 is 0 Å². The number of rotatable bonds is 1. The molecule has 0 bridgehead atoms. The van der Waals surface area contributed by atoms with E-state index in [2.05, 4.69) is 6.58 Å². The number of hydrogen-bond donors (Lipinski definition) is 0. The summed E-state index contributed by atoms with van der Waals surface area (Å²) in [5.74, 6) is -10.1. The molecule has 0 amide bonds. The lowest BCUT2D eigenvalue weighted by Gasteiger charge is -2.02. The third kappa shape index (κ3) is 1.30. The van der Waals surface area contributed by atoms with E-state index in [1.807, 2.05) is 0 Å². The van der Waals surface area contributed by atoms with E-state index in [0.29, 0.717) is 6.08 Å². The normalized spacial score (nSPS) is 10.2. The Balaban J connectivity index is 3.66. The summed E-state index contributed by atoms with van der Waals surface area (Å²) >= 11 is 0. The van der Waals surface area contributed by atoms with Gasteiger partial charge in [-0.05, 0) is 6.08 Å². The summed E-state index contributed by atoms with van der Waals surface area (Å²) in [5, 5.41) is 0. The summed E-state index contributed by atoms with van der Waals surface area (Å²) in [6.45, 7) is 4.68. The number of halogens is 5. The van der Waals surface area contributed by atoms with Gasteiger partial charge in [0.1, 0.15) is 0 Å². The predicted molar refractivity (Wildman–Crippen MR) is 35.0 cm³/mol. The van der Waals surface area contributed by atoms with Crippen molar-refractivity contribution in [1.82, 2.24) is 0 Å². The molecular weight excluding hydrogens is 191 g/mol. The Morgan fingerprint density at radius 2 is 1.00 bits per heavy atom. The van der Waals surface area contributed by atoms with Crippen molar-refractivity contribution in [1.29, 1.82) is 0 Å². The van der Waals surface area contributed by atoms with Crippen LogP contribution in [-0.4, -0.2) is 0 Å². The highest BCUT2D eigenvalue weighted by molar-refractivity contribution is 5.48. The fourth-order valence-corrected chi connectivity index (χ4v) is 0.768. The Labute approximate surface area is 70.3 Å². The van der Waals surface area contributed by atoms with Gasteiger partial charge in [-0.25, -0.2) is 22.0 Å². The van der Waals surface area contributed by atoms with Crippen LogP contribution in [0.2, 0.25) is 0 Å². The van der Waals surface area contributed by atoms with Gasteiger partial charge in [0.15, 0.2) is 23.3 Å². The zero-order valence-electron chi connectivity index (χ0n) is 6.04. The highest BCUT2D eigenvalue weighted by atomic mass is 19.2. The van der Waals surface area contributed by atoms with Crippen LogP contribution < -0.4 is 0 Å². The maximum absolute atomic E-state index is 12.6. The smallest absolute Gasteiger partial charge is 0.200 e. The van der Waals surface area contributed by atoms with Crippen LogP contribution in [0.25, 0.3) is 6.08 Å². The molecule has 69 valence electrons.